The van der Waals surface area contributed by atoms with E-state index in [0.29, 0.717) is 24.1 Å². The number of halogens is 2. The Labute approximate surface area is 152 Å². The molecular formula is C17H25F2N7. The second-order valence-electron chi connectivity index (χ2n) is 6.85. The number of alkyl halides is 2. The number of hydrogen-bond donors (Lipinski definition) is 1. The van der Waals surface area contributed by atoms with Crippen LogP contribution in [-0.2, 0) is 13.6 Å². The predicted molar refractivity (Wildman–Crippen MR) is 96.4 cm³/mol. The second-order valence-corrected chi connectivity index (χ2v) is 6.85. The van der Waals surface area contributed by atoms with E-state index in [1.54, 1.807) is 19.4 Å². The fourth-order valence-electron chi connectivity index (χ4n) is 3.19. The summed E-state index contributed by atoms with van der Waals surface area (Å²) in [5.41, 5.74) is 0.505. The molecule has 0 unspecified atom stereocenters. The summed E-state index contributed by atoms with van der Waals surface area (Å²) >= 11 is 0. The highest BCUT2D eigenvalue weighted by Gasteiger charge is 2.23. The minimum absolute atomic E-state index is 0.107. The molecule has 26 heavy (non-hydrogen) atoms. The summed E-state index contributed by atoms with van der Waals surface area (Å²) in [5, 5.41) is 7.33. The van der Waals surface area contributed by atoms with Crippen LogP contribution in [0.15, 0.2) is 18.5 Å². The van der Waals surface area contributed by atoms with Crippen LogP contribution in [0.1, 0.15) is 30.5 Å². The lowest BCUT2D eigenvalue weighted by Crippen LogP contribution is -2.39. The molecule has 1 fully saturated rings. The van der Waals surface area contributed by atoms with E-state index in [4.69, 9.17) is 0 Å². The van der Waals surface area contributed by atoms with Gasteiger partial charge in [0.1, 0.15) is 11.5 Å². The summed E-state index contributed by atoms with van der Waals surface area (Å²) in [7, 11) is 5.49. The Bertz CT molecular complexity index is 724. The Morgan fingerprint density at radius 2 is 2.04 bits per heavy atom. The van der Waals surface area contributed by atoms with Crippen LogP contribution < -0.4 is 10.2 Å². The standard InChI is InChI=1S/C17H25F2N7/c1-24(2)17-20-7-4-14(22-17)21-13-5-8-26(9-6-13)11-12-10-25(3)23-15(12)16(18)19/h4,7,10,13,16H,5-6,8-9,11H2,1-3H3,(H,20,21,22). The van der Waals surface area contributed by atoms with Crippen LogP contribution >= 0.6 is 0 Å². The van der Waals surface area contributed by atoms with Crippen molar-refractivity contribution < 1.29 is 8.78 Å². The number of piperidine rings is 1. The SMILES string of the molecule is CN(C)c1nccc(NC2CCN(Cc3cn(C)nc3C(F)F)CC2)n1. The van der Waals surface area contributed by atoms with Gasteiger partial charge < -0.3 is 10.2 Å². The third-order valence-corrected chi connectivity index (χ3v) is 4.52. The molecule has 0 bridgehead atoms. The van der Waals surface area contributed by atoms with E-state index in [1.807, 2.05) is 25.1 Å². The predicted octanol–water partition coefficient (Wildman–Crippen LogP) is 2.29. The van der Waals surface area contributed by atoms with Gasteiger partial charge in [-0.1, -0.05) is 0 Å². The van der Waals surface area contributed by atoms with Crippen LogP contribution in [0.2, 0.25) is 0 Å². The zero-order chi connectivity index (χ0) is 18.7. The third kappa shape index (κ3) is 4.46. The molecular weight excluding hydrogens is 340 g/mol. The summed E-state index contributed by atoms with van der Waals surface area (Å²) in [6.07, 6.45) is 2.77. The fourth-order valence-corrected chi connectivity index (χ4v) is 3.19. The first-order valence-corrected chi connectivity index (χ1v) is 8.72. The first-order valence-electron chi connectivity index (χ1n) is 8.72. The maximum absolute atomic E-state index is 13.1. The molecule has 3 heterocycles. The molecule has 0 aromatic carbocycles. The largest absolute Gasteiger partial charge is 0.367 e. The van der Waals surface area contributed by atoms with Crippen molar-refractivity contribution >= 4 is 11.8 Å². The molecule has 142 valence electrons. The van der Waals surface area contributed by atoms with Gasteiger partial charge >= 0.3 is 0 Å². The average molecular weight is 365 g/mol. The molecule has 1 aliphatic rings. The van der Waals surface area contributed by atoms with Gasteiger partial charge in [-0.15, -0.1) is 0 Å². The number of anilines is 2. The first kappa shape index (κ1) is 18.5. The lowest BCUT2D eigenvalue weighted by molar-refractivity contribution is 0.141. The van der Waals surface area contributed by atoms with Crippen LogP contribution in [0.5, 0.6) is 0 Å². The topological polar surface area (TPSA) is 62.1 Å². The maximum Gasteiger partial charge on any atom is 0.282 e. The number of likely N-dealkylation sites (tertiary alicyclic amines) is 1. The normalized spacial score (nSPS) is 16.2. The molecule has 0 atom stereocenters. The van der Waals surface area contributed by atoms with Gasteiger partial charge in [0.25, 0.3) is 6.43 Å². The van der Waals surface area contributed by atoms with Gasteiger partial charge in [-0.25, -0.2) is 13.8 Å². The molecule has 0 saturated carbocycles. The minimum atomic E-state index is -2.53. The van der Waals surface area contributed by atoms with E-state index in [1.165, 1.54) is 4.68 Å². The zero-order valence-electron chi connectivity index (χ0n) is 15.4. The highest BCUT2D eigenvalue weighted by molar-refractivity contribution is 5.41. The fraction of sp³-hybridized carbons (Fsp3) is 0.588. The summed E-state index contributed by atoms with van der Waals surface area (Å²) in [4.78, 5) is 12.8. The Hall–Kier alpha value is -2.29. The molecule has 9 heteroatoms. The smallest absolute Gasteiger partial charge is 0.282 e. The second kappa shape index (κ2) is 7.94. The van der Waals surface area contributed by atoms with Gasteiger partial charge in [0, 0.05) is 64.8 Å². The summed E-state index contributed by atoms with van der Waals surface area (Å²) in [6, 6.07) is 2.18. The molecule has 0 aliphatic carbocycles. The third-order valence-electron chi connectivity index (χ3n) is 4.52. The van der Waals surface area contributed by atoms with Crippen molar-refractivity contribution in [2.75, 3.05) is 37.4 Å². The molecule has 0 spiro atoms. The first-order chi connectivity index (χ1) is 12.4. The van der Waals surface area contributed by atoms with Crippen LogP contribution in [0, 0.1) is 0 Å². The van der Waals surface area contributed by atoms with E-state index in [-0.39, 0.29) is 5.69 Å². The van der Waals surface area contributed by atoms with E-state index >= 15 is 0 Å². The number of aryl methyl sites for hydroxylation is 1. The lowest BCUT2D eigenvalue weighted by atomic mass is 10.0. The van der Waals surface area contributed by atoms with Crippen LogP contribution in [0.25, 0.3) is 0 Å². The summed E-state index contributed by atoms with van der Waals surface area (Å²) in [5.74, 6) is 1.48. The minimum Gasteiger partial charge on any atom is -0.367 e. The highest BCUT2D eigenvalue weighted by Crippen LogP contribution is 2.24. The van der Waals surface area contributed by atoms with Crippen LogP contribution in [0.4, 0.5) is 20.5 Å². The molecule has 1 aliphatic heterocycles. The van der Waals surface area contributed by atoms with E-state index in [0.717, 1.165) is 31.7 Å². The summed E-state index contributed by atoms with van der Waals surface area (Å²) < 4.78 is 27.6. The van der Waals surface area contributed by atoms with E-state index in [9.17, 15) is 8.78 Å². The van der Waals surface area contributed by atoms with Crippen molar-refractivity contribution in [2.45, 2.75) is 31.9 Å². The van der Waals surface area contributed by atoms with Crippen molar-refractivity contribution in [1.82, 2.24) is 24.6 Å². The average Bonchev–Trinajstić information content (AvgIpc) is 2.97. The number of rotatable bonds is 6. The Morgan fingerprint density at radius 3 is 2.69 bits per heavy atom. The summed E-state index contributed by atoms with van der Waals surface area (Å²) in [6.45, 7) is 2.21. The number of hydrogen-bond acceptors (Lipinski definition) is 6. The Morgan fingerprint density at radius 1 is 1.31 bits per heavy atom. The molecule has 2 aromatic heterocycles. The lowest BCUT2D eigenvalue weighted by Gasteiger charge is -2.32. The number of nitrogens with one attached hydrogen (secondary N) is 1. The van der Waals surface area contributed by atoms with Crippen molar-refractivity contribution in [3.05, 3.63) is 29.7 Å². The van der Waals surface area contributed by atoms with Gasteiger partial charge in [-0.05, 0) is 18.9 Å². The van der Waals surface area contributed by atoms with Crippen molar-refractivity contribution in [3.63, 3.8) is 0 Å². The molecule has 2 aromatic rings. The van der Waals surface area contributed by atoms with Gasteiger partial charge in [-0.3, -0.25) is 9.58 Å². The Kier molecular flexibility index (Phi) is 5.65. The van der Waals surface area contributed by atoms with Crippen LogP contribution in [-0.4, -0.2) is 57.9 Å². The van der Waals surface area contributed by atoms with Crippen LogP contribution in [0.3, 0.4) is 0 Å². The van der Waals surface area contributed by atoms with Gasteiger partial charge in [0.15, 0.2) is 0 Å². The number of aromatic nitrogens is 4. The van der Waals surface area contributed by atoms with Crippen molar-refractivity contribution in [2.24, 2.45) is 7.05 Å². The molecule has 1 N–H and O–H groups in total. The van der Waals surface area contributed by atoms with Crippen molar-refractivity contribution in [3.8, 4) is 0 Å². The zero-order valence-corrected chi connectivity index (χ0v) is 15.4. The molecule has 7 nitrogen and oxygen atoms in total. The van der Waals surface area contributed by atoms with Gasteiger partial charge in [-0.2, -0.15) is 10.1 Å². The monoisotopic (exact) mass is 365 g/mol. The van der Waals surface area contributed by atoms with E-state index in [2.05, 4.69) is 25.3 Å². The molecule has 3 rings (SSSR count). The molecule has 0 amide bonds. The van der Waals surface area contributed by atoms with Gasteiger partial charge in [0.05, 0.1) is 0 Å². The quantitative estimate of drug-likeness (QED) is 0.848. The Balaban J connectivity index is 1.54. The molecule has 0 radical (unpaired) electrons. The van der Waals surface area contributed by atoms with E-state index < -0.39 is 6.43 Å². The van der Waals surface area contributed by atoms with Gasteiger partial charge in [0.2, 0.25) is 5.95 Å². The number of nitrogens with zero attached hydrogens (tertiary/aromatic N) is 6. The van der Waals surface area contributed by atoms with Crippen molar-refractivity contribution in [1.29, 1.82) is 0 Å². The maximum atomic E-state index is 13.1. The molecule has 1 saturated heterocycles. The highest BCUT2D eigenvalue weighted by atomic mass is 19.3.